The van der Waals surface area contributed by atoms with Crippen molar-refractivity contribution in [1.29, 1.82) is 0 Å². The van der Waals surface area contributed by atoms with Crippen LogP contribution in [0.15, 0.2) is 23.0 Å². The summed E-state index contributed by atoms with van der Waals surface area (Å²) in [6.07, 6.45) is 1.59. The standard InChI is InChI=1S/C12H17NO3/c1-4-8-12(2,3)11(15)9-6-5-7-10(14)13(9)16/h5-7,16H,4,8H2,1-3H3. The van der Waals surface area contributed by atoms with Crippen LogP contribution >= 0.6 is 0 Å². The second-order valence-electron chi connectivity index (χ2n) is 4.52. The molecular formula is C12H17NO3. The molecule has 0 amide bonds. The van der Waals surface area contributed by atoms with Crippen LogP contribution in [0.1, 0.15) is 44.1 Å². The maximum absolute atomic E-state index is 12.1. The molecule has 0 atom stereocenters. The largest absolute Gasteiger partial charge is 0.425 e. The maximum Gasteiger partial charge on any atom is 0.283 e. The highest BCUT2D eigenvalue weighted by Gasteiger charge is 2.29. The van der Waals surface area contributed by atoms with Gasteiger partial charge in [0.2, 0.25) is 0 Å². The Bertz CT molecular complexity index is 446. The highest BCUT2D eigenvalue weighted by atomic mass is 16.5. The van der Waals surface area contributed by atoms with Gasteiger partial charge in [0.15, 0.2) is 5.78 Å². The Morgan fingerprint density at radius 1 is 1.44 bits per heavy atom. The molecule has 0 radical (unpaired) electrons. The average Bonchev–Trinajstić information content (AvgIpc) is 2.21. The van der Waals surface area contributed by atoms with Gasteiger partial charge in [-0.3, -0.25) is 9.59 Å². The van der Waals surface area contributed by atoms with Crippen molar-refractivity contribution in [2.45, 2.75) is 33.6 Å². The maximum atomic E-state index is 12.1. The first kappa shape index (κ1) is 12.5. The van der Waals surface area contributed by atoms with E-state index in [1.807, 2.05) is 20.8 Å². The lowest BCUT2D eigenvalue weighted by molar-refractivity contribution is 0.0764. The van der Waals surface area contributed by atoms with Gasteiger partial charge in [0.1, 0.15) is 5.69 Å². The summed E-state index contributed by atoms with van der Waals surface area (Å²) in [6, 6.07) is 4.15. The molecule has 0 aliphatic carbocycles. The van der Waals surface area contributed by atoms with Crippen molar-refractivity contribution in [3.8, 4) is 0 Å². The number of hydrogen-bond acceptors (Lipinski definition) is 3. The molecule has 88 valence electrons. The average molecular weight is 223 g/mol. The van der Waals surface area contributed by atoms with Gasteiger partial charge in [-0.2, -0.15) is 0 Å². The summed E-state index contributed by atoms with van der Waals surface area (Å²) in [4.78, 5) is 23.3. The minimum atomic E-state index is -0.585. The molecule has 1 rings (SSSR count). The highest BCUT2D eigenvalue weighted by Crippen LogP contribution is 2.26. The SMILES string of the molecule is CCCC(C)(C)C(=O)c1cccc(=O)n1O. The normalized spacial score (nSPS) is 11.4. The summed E-state index contributed by atoms with van der Waals surface area (Å²) < 4.78 is 0.416. The topological polar surface area (TPSA) is 59.3 Å². The van der Waals surface area contributed by atoms with Crippen molar-refractivity contribution in [1.82, 2.24) is 4.73 Å². The fraction of sp³-hybridized carbons (Fsp3) is 0.500. The van der Waals surface area contributed by atoms with Crippen LogP contribution in [0.25, 0.3) is 0 Å². The van der Waals surface area contributed by atoms with E-state index in [2.05, 4.69) is 0 Å². The second-order valence-corrected chi connectivity index (χ2v) is 4.52. The summed E-state index contributed by atoms with van der Waals surface area (Å²) in [5.41, 5.74) is -1.10. The summed E-state index contributed by atoms with van der Waals surface area (Å²) in [7, 11) is 0. The van der Waals surface area contributed by atoms with Crippen molar-refractivity contribution in [3.63, 3.8) is 0 Å². The second kappa shape index (κ2) is 4.51. The first-order valence-corrected chi connectivity index (χ1v) is 5.36. The molecule has 0 saturated carbocycles. The third-order valence-electron chi connectivity index (χ3n) is 2.65. The minimum absolute atomic E-state index is 0.0472. The van der Waals surface area contributed by atoms with Gasteiger partial charge in [-0.15, -0.1) is 4.73 Å². The smallest absolute Gasteiger partial charge is 0.283 e. The molecule has 16 heavy (non-hydrogen) atoms. The Hall–Kier alpha value is -1.58. The van der Waals surface area contributed by atoms with E-state index in [4.69, 9.17) is 0 Å². The van der Waals surface area contributed by atoms with Gasteiger partial charge in [0, 0.05) is 11.5 Å². The van der Waals surface area contributed by atoms with E-state index < -0.39 is 11.0 Å². The Labute approximate surface area is 94.5 Å². The van der Waals surface area contributed by atoms with Gasteiger partial charge >= 0.3 is 0 Å². The fourth-order valence-corrected chi connectivity index (χ4v) is 1.74. The van der Waals surface area contributed by atoms with Gasteiger partial charge < -0.3 is 5.21 Å². The number of pyridine rings is 1. The Balaban J connectivity index is 3.15. The van der Waals surface area contributed by atoms with Crippen LogP contribution in [0.3, 0.4) is 0 Å². The fourth-order valence-electron chi connectivity index (χ4n) is 1.74. The van der Waals surface area contributed by atoms with Crippen LogP contribution in [0.5, 0.6) is 0 Å². The lowest BCUT2D eigenvalue weighted by Gasteiger charge is -2.22. The van der Waals surface area contributed by atoms with Crippen LogP contribution in [0.4, 0.5) is 0 Å². The molecule has 1 N–H and O–H groups in total. The van der Waals surface area contributed by atoms with Crippen LogP contribution < -0.4 is 5.56 Å². The zero-order chi connectivity index (χ0) is 12.3. The summed E-state index contributed by atoms with van der Waals surface area (Å²) in [5, 5.41) is 9.48. The number of rotatable bonds is 4. The van der Waals surface area contributed by atoms with Gasteiger partial charge in [0.05, 0.1) is 0 Å². The van der Waals surface area contributed by atoms with Gasteiger partial charge in [-0.05, 0) is 12.5 Å². The first-order valence-electron chi connectivity index (χ1n) is 5.36. The molecule has 0 bridgehead atoms. The molecule has 0 fully saturated rings. The summed E-state index contributed by atoms with van der Waals surface area (Å²) in [6.45, 7) is 5.62. The number of aromatic nitrogens is 1. The number of Topliss-reactive ketones (excluding diaryl/α,β-unsaturated/α-hetero) is 1. The molecule has 0 aromatic carbocycles. The van der Waals surface area contributed by atoms with Crippen molar-refractivity contribution < 1.29 is 10.0 Å². The summed E-state index contributed by atoms with van der Waals surface area (Å²) in [5.74, 6) is -0.213. The van der Waals surface area contributed by atoms with Crippen LogP contribution in [0.2, 0.25) is 0 Å². The van der Waals surface area contributed by atoms with E-state index in [1.165, 1.54) is 18.2 Å². The third-order valence-corrected chi connectivity index (χ3v) is 2.65. The van der Waals surface area contributed by atoms with Crippen molar-refractivity contribution in [2.75, 3.05) is 0 Å². The molecule has 1 aromatic heterocycles. The Morgan fingerprint density at radius 3 is 2.62 bits per heavy atom. The number of nitrogens with zero attached hydrogens (tertiary/aromatic N) is 1. The molecule has 0 aliphatic rings. The number of ketones is 1. The lowest BCUT2D eigenvalue weighted by atomic mass is 9.82. The van der Waals surface area contributed by atoms with Crippen LogP contribution in [-0.2, 0) is 0 Å². The number of carbonyl (C=O) groups is 1. The van der Waals surface area contributed by atoms with Crippen LogP contribution in [-0.4, -0.2) is 15.7 Å². The lowest BCUT2D eigenvalue weighted by Crippen LogP contribution is -2.31. The Morgan fingerprint density at radius 2 is 2.06 bits per heavy atom. The zero-order valence-corrected chi connectivity index (χ0v) is 9.86. The molecule has 4 heteroatoms. The molecule has 1 aromatic rings. The predicted octanol–water partition coefficient (Wildman–Crippen LogP) is 2.09. The monoisotopic (exact) mass is 223 g/mol. The van der Waals surface area contributed by atoms with Gasteiger partial charge in [0.25, 0.3) is 5.56 Å². The summed E-state index contributed by atoms with van der Waals surface area (Å²) >= 11 is 0. The van der Waals surface area contributed by atoms with Crippen molar-refractivity contribution in [3.05, 3.63) is 34.2 Å². The van der Waals surface area contributed by atoms with E-state index in [-0.39, 0.29) is 11.5 Å². The Kier molecular flexibility index (Phi) is 3.52. The van der Waals surface area contributed by atoms with E-state index in [1.54, 1.807) is 0 Å². The molecule has 0 unspecified atom stereocenters. The first-order chi connectivity index (χ1) is 7.40. The van der Waals surface area contributed by atoms with Gasteiger partial charge in [-0.25, -0.2) is 0 Å². The highest BCUT2D eigenvalue weighted by molar-refractivity contribution is 5.98. The molecule has 1 heterocycles. The van der Waals surface area contributed by atoms with Gasteiger partial charge in [-0.1, -0.05) is 33.3 Å². The number of carbonyl (C=O) groups excluding carboxylic acids is 1. The van der Waals surface area contributed by atoms with Crippen molar-refractivity contribution in [2.24, 2.45) is 5.41 Å². The third kappa shape index (κ3) is 2.32. The molecule has 4 nitrogen and oxygen atoms in total. The van der Waals surface area contributed by atoms with E-state index in [9.17, 15) is 14.8 Å². The predicted molar refractivity (Wildman–Crippen MR) is 60.9 cm³/mol. The molecule has 0 saturated heterocycles. The van der Waals surface area contributed by atoms with E-state index in [0.29, 0.717) is 4.73 Å². The quantitative estimate of drug-likeness (QED) is 0.628. The molecule has 0 spiro atoms. The van der Waals surface area contributed by atoms with Crippen molar-refractivity contribution >= 4 is 5.78 Å². The van der Waals surface area contributed by atoms with E-state index in [0.717, 1.165) is 12.8 Å². The van der Waals surface area contributed by atoms with E-state index >= 15 is 0 Å². The number of hydrogen-bond donors (Lipinski definition) is 1. The minimum Gasteiger partial charge on any atom is -0.425 e. The zero-order valence-electron chi connectivity index (χ0n) is 9.86. The van der Waals surface area contributed by atoms with Crippen LogP contribution in [0, 0.1) is 5.41 Å². The molecular weight excluding hydrogens is 206 g/mol. The molecule has 0 aliphatic heterocycles.